The third-order valence-electron chi connectivity index (χ3n) is 1.75. The lowest BCUT2D eigenvalue weighted by Gasteiger charge is -1.98. The molecule has 0 fully saturated rings. The van der Waals surface area contributed by atoms with Gasteiger partial charge in [0.05, 0.1) is 16.8 Å². The number of aromatic amines is 1. The number of thiazole rings is 1. The first kappa shape index (κ1) is 9.15. The molecule has 1 aromatic carbocycles. The molecule has 0 unspecified atom stereocenters. The van der Waals surface area contributed by atoms with Gasteiger partial charge in [0.25, 0.3) is 0 Å². The Morgan fingerprint density at radius 1 is 1.54 bits per heavy atom. The number of aliphatic hydroxyl groups excluding tert-OH is 1. The van der Waals surface area contributed by atoms with Crippen molar-refractivity contribution in [3.05, 3.63) is 26.7 Å². The van der Waals surface area contributed by atoms with E-state index >= 15 is 0 Å². The molecule has 0 aliphatic heterocycles. The quantitative estimate of drug-likeness (QED) is 0.740. The van der Waals surface area contributed by atoms with Crippen LogP contribution in [0.1, 0.15) is 5.56 Å². The minimum atomic E-state index is -0.0287. The second kappa shape index (κ2) is 3.38. The molecule has 2 aromatic rings. The summed E-state index contributed by atoms with van der Waals surface area (Å²) in [6.45, 7) is -0.0287. The lowest BCUT2D eigenvalue weighted by atomic mass is 10.2. The van der Waals surface area contributed by atoms with E-state index in [-0.39, 0.29) is 6.61 Å². The van der Waals surface area contributed by atoms with Gasteiger partial charge in [-0.15, -0.1) is 11.3 Å². The first-order chi connectivity index (χ1) is 6.20. The van der Waals surface area contributed by atoms with Crippen molar-refractivity contribution in [1.82, 2.24) is 4.98 Å². The highest BCUT2D eigenvalue weighted by atomic mass is 35.5. The van der Waals surface area contributed by atoms with Crippen molar-refractivity contribution < 1.29 is 5.11 Å². The van der Waals surface area contributed by atoms with E-state index in [1.165, 1.54) is 11.3 Å². The normalized spacial score (nSPS) is 10.9. The van der Waals surface area contributed by atoms with Crippen LogP contribution in [0.15, 0.2) is 12.1 Å². The number of fused-ring (bicyclic) bond motifs is 1. The van der Waals surface area contributed by atoms with E-state index in [0.717, 1.165) is 15.8 Å². The van der Waals surface area contributed by atoms with E-state index in [2.05, 4.69) is 4.98 Å². The van der Waals surface area contributed by atoms with E-state index in [1.807, 2.05) is 6.07 Å². The number of nitrogens with one attached hydrogen (secondary N) is 1. The van der Waals surface area contributed by atoms with Gasteiger partial charge in [0.15, 0.2) is 3.95 Å². The molecule has 0 atom stereocenters. The first-order valence-corrected chi connectivity index (χ1v) is 5.23. The van der Waals surface area contributed by atoms with Crippen LogP contribution >= 0.6 is 35.2 Å². The summed E-state index contributed by atoms with van der Waals surface area (Å²) >= 11 is 12.3. The lowest BCUT2D eigenvalue weighted by molar-refractivity contribution is 0.283. The maximum Gasteiger partial charge on any atom is 0.159 e. The molecule has 0 aliphatic carbocycles. The molecule has 0 bridgehead atoms. The van der Waals surface area contributed by atoms with Gasteiger partial charge in [0.2, 0.25) is 0 Å². The maximum absolute atomic E-state index is 9.06. The average Bonchev–Trinajstić information content (AvgIpc) is 2.43. The number of benzene rings is 1. The van der Waals surface area contributed by atoms with Crippen molar-refractivity contribution in [2.45, 2.75) is 6.61 Å². The number of rotatable bonds is 1. The summed E-state index contributed by atoms with van der Waals surface area (Å²) < 4.78 is 1.69. The molecule has 0 saturated carbocycles. The van der Waals surface area contributed by atoms with Crippen LogP contribution in [0, 0.1) is 3.95 Å². The lowest BCUT2D eigenvalue weighted by Crippen LogP contribution is -1.84. The minimum Gasteiger partial charge on any atom is -0.392 e. The van der Waals surface area contributed by atoms with Gasteiger partial charge in [-0.2, -0.15) is 0 Å². The number of hydrogen-bond donors (Lipinski definition) is 2. The zero-order valence-corrected chi connectivity index (χ0v) is 8.89. The molecule has 68 valence electrons. The Bertz CT molecular complexity index is 502. The van der Waals surface area contributed by atoms with Gasteiger partial charge in [-0.05, 0) is 24.4 Å². The largest absolute Gasteiger partial charge is 0.392 e. The van der Waals surface area contributed by atoms with E-state index < -0.39 is 0 Å². The molecule has 2 rings (SSSR count). The molecular weight excluding hydrogens is 226 g/mol. The Morgan fingerprint density at radius 3 is 3.00 bits per heavy atom. The van der Waals surface area contributed by atoms with Crippen molar-refractivity contribution >= 4 is 45.4 Å². The molecule has 0 saturated heterocycles. The van der Waals surface area contributed by atoms with Crippen LogP contribution in [0.3, 0.4) is 0 Å². The summed E-state index contributed by atoms with van der Waals surface area (Å²) in [5.74, 6) is 0. The molecular formula is C8H6ClNOS2. The molecule has 1 heterocycles. The van der Waals surface area contributed by atoms with Gasteiger partial charge in [-0.25, -0.2) is 0 Å². The molecule has 0 amide bonds. The van der Waals surface area contributed by atoms with Crippen molar-refractivity contribution in [1.29, 1.82) is 0 Å². The fraction of sp³-hybridized carbons (Fsp3) is 0.125. The van der Waals surface area contributed by atoms with Gasteiger partial charge < -0.3 is 10.1 Å². The number of H-pyrrole nitrogens is 1. The SMILES string of the molecule is OCc1cc(Cl)cc2sc(=S)[nH]c12. The van der Waals surface area contributed by atoms with E-state index in [4.69, 9.17) is 28.9 Å². The molecule has 2 N–H and O–H groups in total. The van der Waals surface area contributed by atoms with Crippen molar-refractivity contribution in [3.8, 4) is 0 Å². The Hall–Kier alpha value is -0.420. The topological polar surface area (TPSA) is 36.0 Å². The van der Waals surface area contributed by atoms with Crippen LogP contribution in [0.5, 0.6) is 0 Å². The van der Waals surface area contributed by atoms with Crippen LogP contribution in [0.25, 0.3) is 10.2 Å². The second-order valence-corrected chi connectivity index (χ2v) is 4.77. The van der Waals surface area contributed by atoms with Crippen molar-refractivity contribution in [2.24, 2.45) is 0 Å². The number of aliphatic hydroxyl groups is 1. The number of hydrogen-bond acceptors (Lipinski definition) is 3. The fourth-order valence-corrected chi connectivity index (χ4v) is 2.71. The van der Waals surface area contributed by atoms with E-state index in [0.29, 0.717) is 8.98 Å². The van der Waals surface area contributed by atoms with E-state index in [1.54, 1.807) is 6.07 Å². The van der Waals surface area contributed by atoms with Gasteiger partial charge in [0, 0.05) is 10.6 Å². The smallest absolute Gasteiger partial charge is 0.159 e. The highest BCUT2D eigenvalue weighted by Crippen LogP contribution is 2.26. The molecule has 0 aliphatic rings. The second-order valence-electron chi connectivity index (χ2n) is 2.61. The summed E-state index contributed by atoms with van der Waals surface area (Å²) in [7, 11) is 0. The average molecular weight is 232 g/mol. The third kappa shape index (κ3) is 1.62. The maximum atomic E-state index is 9.06. The molecule has 5 heteroatoms. The first-order valence-electron chi connectivity index (χ1n) is 3.63. The number of halogens is 1. The zero-order chi connectivity index (χ0) is 9.42. The summed E-state index contributed by atoms with van der Waals surface area (Å²) in [5, 5.41) is 9.69. The van der Waals surface area contributed by atoms with Gasteiger partial charge in [0.1, 0.15) is 0 Å². The van der Waals surface area contributed by atoms with Crippen LogP contribution < -0.4 is 0 Å². The van der Waals surface area contributed by atoms with Gasteiger partial charge in [-0.1, -0.05) is 11.6 Å². The Morgan fingerprint density at radius 2 is 2.31 bits per heavy atom. The molecule has 13 heavy (non-hydrogen) atoms. The van der Waals surface area contributed by atoms with Crippen molar-refractivity contribution in [2.75, 3.05) is 0 Å². The van der Waals surface area contributed by atoms with Crippen LogP contribution in [0.2, 0.25) is 5.02 Å². The van der Waals surface area contributed by atoms with Gasteiger partial charge >= 0.3 is 0 Å². The van der Waals surface area contributed by atoms with Crippen molar-refractivity contribution in [3.63, 3.8) is 0 Å². The molecule has 0 spiro atoms. The van der Waals surface area contributed by atoms with Gasteiger partial charge in [-0.3, -0.25) is 0 Å². The number of aromatic nitrogens is 1. The Balaban J connectivity index is 2.88. The summed E-state index contributed by atoms with van der Waals surface area (Å²) in [5.41, 5.74) is 1.68. The molecule has 0 radical (unpaired) electrons. The fourth-order valence-electron chi connectivity index (χ4n) is 1.21. The van der Waals surface area contributed by atoms with Crippen LogP contribution in [-0.4, -0.2) is 10.1 Å². The molecule has 2 nitrogen and oxygen atoms in total. The summed E-state index contributed by atoms with van der Waals surface area (Å²) in [4.78, 5) is 3.02. The summed E-state index contributed by atoms with van der Waals surface area (Å²) in [6, 6.07) is 3.58. The predicted octanol–water partition coefficient (Wildman–Crippen LogP) is 3.10. The van der Waals surface area contributed by atoms with E-state index in [9.17, 15) is 0 Å². The highest BCUT2D eigenvalue weighted by molar-refractivity contribution is 7.73. The highest BCUT2D eigenvalue weighted by Gasteiger charge is 2.04. The minimum absolute atomic E-state index is 0.0287. The monoisotopic (exact) mass is 231 g/mol. The Labute approximate surface area is 88.8 Å². The van der Waals surface area contributed by atoms with Crippen LogP contribution in [0.4, 0.5) is 0 Å². The summed E-state index contributed by atoms with van der Waals surface area (Å²) in [6.07, 6.45) is 0. The van der Waals surface area contributed by atoms with Crippen LogP contribution in [-0.2, 0) is 6.61 Å². The Kier molecular flexibility index (Phi) is 2.38. The molecule has 1 aromatic heterocycles. The standard InChI is InChI=1S/C8H6ClNOS2/c9-5-1-4(3-11)7-6(2-5)13-8(12)10-7/h1-2,11H,3H2,(H,10,12). The third-order valence-corrected chi connectivity index (χ3v) is 3.15. The predicted molar refractivity (Wildman–Crippen MR) is 57.9 cm³/mol. The zero-order valence-electron chi connectivity index (χ0n) is 6.50.